The van der Waals surface area contributed by atoms with Gasteiger partial charge < -0.3 is 14.8 Å². The van der Waals surface area contributed by atoms with Crippen LogP contribution in [0.15, 0.2) is 42.5 Å². The molecule has 1 aliphatic heterocycles. The van der Waals surface area contributed by atoms with Crippen LogP contribution in [-0.4, -0.2) is 38.1 Å². The zero-order valence-corrected chi connectivity index (χ0v) is 16.6. The highest BCUT2D eigenvalue weighted by atomic mass is 19.1. The van der Waals surface area contributed by atoms with E-state index in [0.717, 1.165) is 42.0 Å². The van der Waals surface area contributed by atoms with Gasteiger partial charge in [-0.1, -0.05) is 12.1 Å². The molecule has 0 aliphatic carbocycles. The van der Waals surface area contributed by atoms with Crippen LogP contribution in [0.3, 0.4) is 0 Å². The van der Waals surface area contributed by atoms with Gasteiger partial charge in [0.25, 0.3) is 0 Å². The molecule has 2 aromatic rings. The summed E-state index contributed by atoms with van der Waals surface area (Å²) in [4.78, 5) is 14.8. The second-order valence-corrected chi connectivity index (χ2v) is 7.08. The van der Waals surface area contributed by atoms with Crippen LogP contribution in [-0.2, 0) is 4.79 Å². The molecule has 28 heavy (non-hydrogen) atoms. The lowest BCUT2D eigenvalue weighted by atomic mass is 10.0. The summed E-state index contributed by atoms with van der Waals surface area (Å²) >= 11 is 0. The van der Waals surface area contributed by atoms with Crippen molar-refractivity contribution in [1.82, 2.24) is 10.2 Å². The molecular weight excluding hydrogens is 359 g/mol. The highest BCUT2D eigenvalue weighted by Gasteiger charge is 2.30. The number of likely N-dealkylation sites (tertiary alicyclic amines) is 1. The number of rotatable bonds is 7. The predicted octanol–water partition coefficient (Wildman–Crippen LogP) is 3.86. The van der Waals surface area contributed by atoms with E-state index in [1.165, 1.54) is 12.1 Å². The average molecular weight is 386 g/mol. The van der Waals surface area contributed by atoms with E-state index in [0.29, 0.717) is 6.54 Å². The quantitative estimate of drug-likeness (QED) is 0.785. The fourth-order valence-electron chi connectivity index (χ4n) is 3.77. The zero-order chi connectivity index (χ0) is 20.1. The normalized spacial score (nSPS) is 17.9. The predicted molar refractivity (Wildman–Crippen MR) is 106 cm³/mol. The van der Waals surface area contributed by atoms with Crippen LogP contribution in [0, 0.1) is 5.82 Å². The third kappa shape index (κ3) is 4.62. The molecular formula is C22H27FN2O3. The topological polar surface area (TPSA) is 50.8 Å². The Bertz CT molecular complexity index is 810. The van der Waals surface area contributed by atoms with Gasteiger partial charge in [0.2, 0.25) is 5.91 Å². The number of amides is 1. The van der Waals surface area contributed by atoms with E-state index in [-0.39, 0.29) is 23.8 Å². The lowest BCUT2D eigenvalue weighted by molar-refractivity contribution is -0.123. The first-order valence-corrected chi connectivity index (χ1v) is 9.52. The van der Waals surface area contributed by atoms with Gasteiger partial charge in [0, 0.05) is 11.6 Å². The van der Waals surface area contributed by atoms with Crippen molar-refractivity contribution < 1.29 is 18.7 Å². The van der Waals surface area contributed by atoms with Crippen molar-refractivity contribution in [1.29, 1.82) is 0 Å². The van der Waals surface area contributed by atoms with Crippen molar-refractivity contribution in [2.75, 3.05) is 27.3 Å². The van der Waals surface area contributed by atoms with Crippen LogP contribution >= 0.6 is 0 Å². The number of nitrogens with one attached hydrogen (secondary N) is 1. The van der Waals surface area contributed by atoms with Gasteiger partial charge in [-0.15, -0.1) is 0 Å². The van der Waals surface area contributed by atoms with Crippen molar-refractivity contribution in [2.24, 2.45) is 0 Å². The number of carbonyl (C=O) groups excluding carboxylic acids is 1. The van der Waals surface area contributed by atoms with Crippen LogP contribution in [0.25, 0.3) is 0 Å². The minimum absolute atomic E-state index is 0.0504. The lowest BCUT2D eigenvalue weighted by Crippen LogP contribution is -2.38. The van der Waals surface area contributed by atoms with Gasteiger partial charge in [-0.05, 0) is 62.2 Å². The minimum Gasteiger partial charge on any atom is -0.497 e. The van der Waals surface area contributed by atoms with E-state index in [1.807, 2.05) is 25.1 Å². The van der Waals surface area contributed by atoms with Gasteiger partial charge in [0.15, 0.2) is 0 Å². The molecule has 150 valence electrons. The Morgan fingerprint density at radius 1 is 1.21 bits per heavy atom. The maximum absolute atomic E-state index is 13.1. The summed E-state index contributed by atoms with van der Waals surface area (Å²) in [5.74, 6) is 1.25. The second kappa shape index (κ2) is 9.06. The van der Waals surface area contributed by atoms with E-state index in [1.54, 1.807) is 26.4 Å². The fourth-order valence-corrected chi connectivity index (χ4v) is 3.77. The Morgan fingerprint density at radius 3 is 2.64 bits per heavy atom. The summed E-state index contributed by atoms with van der Waals surface area (Å²) in [6.45, 7) is 3.05. The molecule has 1 saturated heterocycles. The van der Waals surface area contributed by atoms with Crippen LogP contribution in [0.2, 0.25) is 0 Å². The van der Waals surface area contributed by atoms with E-state index in [4.69, 9.17) is 9.47 Å². The number of benzene rings is 2. The number of hydrogen-bond acceptors (Lipinski definition) is 4. The van der Waals surface area contributed by atoms with E-state index < -0.39 is 0 Å². The smallest absolute Gasteiger partial charge is 0.234 e. The molecule has 6 heteroatoms. The van der Waals surface area contributed by atoms with Gasteiger partial charge in [-0.3, -0.25) is 9.69 Å². The number of methoxy groups -OCH3 is 2. The van der Waals surface area contributed by atoms with Crippen molar-refractivity contribution >= 4 is 5.91 Å². The van der Waals surface area contributed by atoms with Gasteiger partial charge in [0.1, 0.15) is 17.3 Å². The molecule has 0 unspecified atom stereocenters. The Kier molecular flexibility index (Phi) is 6.52. The molecule has 0 spiro atoms. The number of hydrogen-bond donors (Lipinski definition) is 1. The van der Waals surface area contributed by atoms with Crippen molar-refractivity contribution in [2.45, 2.75) is 31.8 Å². The largest absolute Gasteiger partial charge is 0.497 e. The molecule has 1 aliphatic rings. The van der Waals surface area contributed by atoms with E-state index in [2.05, 4.69) is 10.2 Å². The first kappa shape index (κ1) is 20.1. The summed E-state index contributed by atoms with van der Waals surface area (Å²) in [5, 5.41) is 3.01. The maximum Gasteiger partial charge on any atom is 0.234 e. The summed E-state index contributed by atoms with van der Waals surface area (Å²) in [7, 11) is 3.30. The monoisotopic (exact) mass is 386 g/mol. The Labute approximate surface area is 165 Å². The van der Waals surface area contributed by atoms with Gasteiger partial charge in [-0.25, -0.2) is 4.39 Å². The summed E-state index contributed by atoms with van der Waals surface area (Å²) in [6.07, 6.45) is 1.98. The first-order chi connectivity index (χ1) is 13.5. The summed E-state index contributed by atoms with van der Waals surface area (Å²) < 4.78 is 24.0. The molecule has 0 saturated carbocycles. The molecule has 0 aromatic heterocycles. The molecule has 1 heterocycles. The van der Waals surface area contributed by atoms with E-state index in [9.17, 15) is 9.18 Å². The van der Waals surface area contributed by atoms with Gasteiger partial charge >= 0.3 is 0 Å². The van der Waals surface area contributed by atoms with Crippen LogP contribution in [0.1, 0.15) is 43.0 Å². The Hall–Kier alpha value is -2.60. The van der Waals surface area contributed by atoms with Crippen molar-refractivity contribution in [3.8, 4) is 11.5 Å². The van der Waals surface area contributed by atoms with Crippen LogP contribution in [0.4, 0.5) is 4.39 Å². The highest BCUT2D eigenvalue weighted by molar-refractivity contribution is 5.78. The standard InChI is InChI=1S/C22H27FN2O3/c1-15(16-6-8-17(23)9-7-16)24-22(26)14-25-12-4-5-20(25)19-13-18(27-2)10-11-21(19)28-3/h6-11,13,15,20H,4-5,12,14H2,1-3H3,(H,24,26)/t15-,20-/m1/s1. The van der Waals surface area contributed by atoms with Crippen molar-refractivity contribution in [3.63, 3.8) is 0 Å². The molecule has 0 radical (unpaired) electrons. The number of carbonyl (C=O) groups is 1. The SMILES string of the molecule is COc1ccc(OC)c([C@H]2CCCN2CC(=O)N[C@H](C)c2ccc(F)cc2)c1. The zero-order valence-electron chi connectivity index (χ0n) is 16.6. The molecule has 1 N–H and O–H groups in total. The molecule has 2 aromatic carbocycles. The van der Waals surface area contributed by atoms with E-state index >= 15 is 0 Å². The molecule has 1 fully saturated rings. The summed E-state index contributed by atoms with van der Waals surface area (Å²) in [5.41, 5.74) is 1.92. The number of ether oxygens (including phenoxy) is 2. The molecule has 2 atom stereocenters. The Morgan fingerprint density at radius 2 is 1.96 bits per heavy atom. The minimum atomic E-state index is -0.283. The highest BCUT2D eigenvalue weighted by Crippen LogP contribution is 2.38. The van der Waals surface area contributed by atoms with Crippen molar-refractivity contribution in [3.05, 3.63) is 59.4 Å². The number of nitrogens with zero attached hydrogens (tertiary/aromatic N) is 1. The molecule has 0 bridgehead atoms. The fraction of sp³-hybridized carbons (Fsp3) is 0.409. The maximum atomic E-state index is 13.1. The number of halogens is 1. The average Bonchev–Trinajstić information content (AvgIpc) is 3.15. The van der Waals surface area contributed by atoms with Crippen LogP contribution in [0.5, 0.6) is 11.5 Å². The molecule has 1 amide bonds. The van der Waals surface area contributed by atoms with Gasteiger partial charge in [-0.2, -0.15) is 0 Å². The molecule has 5 nitrogen and oxygen atoms in total. The summed E-state index contributed by atoms with van der Waals surface area (Å²) in [6, 6.07) is 11.9. The third-order valence-electron chi connectivity index (χ3n) is 5.25. The van der Waals surface area contributed by atoms with Crippen LogP contribution < -0.4 is 14.8 Å². The Balaban J connectivity index is 1.68. The first-order valence-electron chi connectivity index (χ1n) is 9.52. The second-order valence-electron chi connectivity index (χ2n) is 7.08. The third-order valence-corrected chi connectivity index (χ3v) is 5.25. The van der Waals surface area contributed by atoms with Gasteiger partial charge in [0.05, 0.1) is 26.8 Å². The lowest BCUT2D eigenvalue weighted by Gasteiger charge is -2.26. The molecule has 3 rings (SSSR count).